The number of amides is 2. The number of carbonyl (C=O) groups is 2. The molecule has 3 saturated heterocycles. The summed E-state index contributed by atoms with van der Waals surface area (Å²) in [4.78, 5) is 29.3. The number of nitrogens with zero attached hydrogens (tertiary/aromatic N) is 4. The molecule has 3 aliphatic heterocycles. The minimum atomic E-state index is -0.978. The quantitative estimate of drug-likeness (QED) is 0.687. The number of carbonyl (C=O) groups excluding carboxylic acids is 2. The lowest BCUT2D eigenvalue weighted by Gasteiger charge is -2.37. The van der Waals surface area contributed by atoms with Gasteiger partial charge in [-0.15, -0.1) is 0 Å². The summed E-state index contributed by atoms with van der Waals surface area (Å²) in [6.45, 7) is 5.82. The molecule has 0 unspecified atom stereocenters. The van der Waals surface area contributed by atoms with Crippen molar-refractivity contribution < 1.29 is 23.1 Å². The zero-order chi connectivity index (χ0) is 22.2. The Morgan fingerprint density at radius 1 is 1.26 bits per heavy atom. The molecule has 9 heteroatoms. The van der Waals surface area contributed by atoms with Crippen LogP contribution in [0.4, 0.5) is 8.78 Å². The van der Waals surface area contributed by atoms with Crippen LogP contribution < -0.4 is 0 Å². The highest BCUT2D eigenvalue weighted by Gasteiger charge is 2.58. The molecule has 164 valence electrons. The molecule has 0 saturated carbocycles. The van der Waals surface area contributed by atoms with E-state index >= 15 is 0 Å². The maximum Gasteiger partial charge on any atom is 0.257 e. The molecule has 0 N–H and O–H groups in total. The van der Waals surface area contributed by atoms with Crippen molar-refractivity contribution >= 4 is 11.8 Å². The highest BCUT2D eigenvalue weighted by molar-refractivity contribution is 5.94. The van der Waals surface area contributed by atoms with Crippen LogP contribution >= 0.6 is 0 Å². The largest absolute Gasteiger partial charge is 0.342 e. The van der Waals surface area contributed by atoms with E-state index in [2.05, 4.69) is 16.8 Å². The first-order valence-electron chi connectivity index (χ1n) is 10.3. The summed E-state index contributed by atoms with van der Waals surface area (Å²) in [5, 5.41) is 7.42. The van der Waals surface area contributed by atoms with E-state index in [1.165, 1.54) is 18.5 Å². The predicted molar refractivity (Wildman–Crippen MR) is 108 cm³/mol. The Balaban J connectivity index is 1.44. The van der Waals surface area contributed by atoms with Crippen LogP contribution in [0.25, 0.3) is 0 Å². The molecule has 0 bridgehead atoms. The number of fused-ring (bicyclic) bond motifs is 1. The van der Waals surface area contributed by atoms with E-state index < -0.39 is 29.5 Å². The minimum absolute atomic E-state index is 0.148. The van der Waals surface area contributed by atoms with E-state index in [-0.39, 0.29) is 11.8 Å². The van der Waals surface area contributed by atoms with E-state index in [1.54, 1.807) is 15.9 Å². The van der Waals surface area contributed by atoms with E-state index in [4.69, 9.17) is 4.74 Å². The van der Waals surface area contributed by atoms with Crippen LogP contribution in [0.5, 0.6) is 0 Å². The van der Waals surface area contributed by atoms with Gasteiger partial charge in [-0.3, -0.25) is 9.59 Å². The second-order valence-corrected chi connectivity index (χ2v) is 8.13. The van der Waals surface area contributed by atoms with Crippen molar-refractivity contribution in [3.8, 4) is 0 Å². The number of hydrogen-bond donors (Lipinski definition) is 0. The van der Waals surface area contributed by atoms with Crippen molar-refractivity contribution in [1.82, 2.24) is 20.0 Å². The molecule has 1 aromatic heterocycles. The summed E-state index contributed by atoms with van der Waals surface area (Å²) in [5.41, 5.74) is -0.119. The summed E-state index contributed by atoms with van der Waals surface area (Å²) in [5.74, 6) is -1.69. The number of ether oxygens (including phenoxy) is 1. The smallest absolute Gasteiger partial charge is 0.257 e. The Hall–Kier alpha value is -2.94. The number of aromatic nitrogens is 2. The van der Waals surface area contributed by atoms with Crippen LogP contribution in [0, 0.1) is 0 Å². The lowest BCUT2D eigenvalue weighted by Crippen LogP contribution is -2.52. The molecule has 4 rings (SSSR count). The molecule has 3 aliphatic rings. The maximum absolute atomic E-state index is 13.9. The van der Waals surface area contributed by atoms with Gasteiger partial charge in [0, 0.05) is 32.0 Å². The van der Waals surface area contributed by atoms with Crippen molar-refractivity contribution in [3.63, 3.8) is 0 Å². The molecular weight excluding hydrogens is 406 g/mol. The van der Waals surface area contributed by atoms with E-state index in [0.717, 1.165) is 13.0 Å². The first-order valence-corrected chi connectivity index (χ1v) is 10.3. The van der Waals surface area contributed by atoms with E-state index in [9.17, 15) is 18.4 Å². The molecule has 2 amide bonds. The normalized spacial score (nSPS) is 25.8. The number of piperidine rings is 1. The summed E-state index contributed by atoms with van der Waals surface area (Å²) in [6, 6.07) is 1.22. The van der Waals surface area contributed by atoms with Crippen LogP contribution in [0.1, 0.15) is 43.0 Å². The number of halogens is 2. The van der Waals surface area contributed by atoms with Crippen LogP contribution in [-0.4, -0.2) is 62.8 Å². The molecule has 2 atom stereocenters. The fourth-order valence-electron chi connectivity index (χ4n) is 4.58. The molecule has 1 spiro atoms. The van der Waals surface area contributed by atoms with Gasteiger partial charge in [-0.25, -0.2) is 8.78 Å². The monoisotopic (exact) mass is 430 g/mol. The summed E-state index contributed by atoms with van der Waals surface area (Å²) in [7, 11) is 0. The van der Waals surface area contributed by atoms with Gasteiger partial charge in [0.25, 0.3) is 11.8 Å². The third-order valence-electron chi connectivity index (χ3n) is 6.10. The average Bonchev–Trinajstić information content (AvgIpc) is 3.26. The van der Waals surface area contributed by atoms with Crippen molar-refractivity contribution in [1.29, 1.82) is 0 Å². The van der Waals surface area contributed by atoms with Gasteiger partial charge < -0.3 is 14.5 Å². The van der Waals surface area contributed by atoms with Gasteiger partial charge in [-0.05, 0) is 37.5 Å². The summed E-state index contributed by atoms with van der Waals surface area (Å²) in [6.07, 6.45) is 6.44. The number of rotatable bonds is 4. The SMILES string of the molecule is C=C(/C=C(F)\C=C(/C)F)[C@@H]1CC[C@H]2OC3(CCN(C(=O)c4ccnnc4)CC3)C(=O)N21. The summed E-state index contributed by atoms with van der Waals surface area (Å²) < 4.78 is 33.0. The van der Waals surface area contributed by atoms with Crippen LogP contribution in [0.2, 0.25) is 0 Å². The van der Waals surface area contributed by atoms with E-state index in [0.29, 0.717) is 49.9 Å². The predicted octanol–water partition coefficient (Wildman–Crippen LogP) is 3.08. The van der Waals surface area contributed by atoms with Gasteiger partial charge in [-0.1, -0.05) is 6.58 Å². The minimum Gasteiger partial charge on any atom is -0.342 e. The third kappa shape index (κ3) is 4.01. The standard InChI is InChI=1S/C22H24F2N4O3/c1-14(11-17(24)12-15(2)23)18-3-4-19-28(18)21(30)22(31-19)6-9-27(10-7-22)20(29)16-5-8-25-26-13-16/h5,8,11-13,18-19H,1,3-4,6-7,9-10H2,2H3/b15-12+,17-11+/t18-,19+/m0/s1. The van der Waals surface area contributed by atoms with Crippen molar-refractivity contribution in [3.05, 3.63) is 60.0 Å². The van der Waals surface area contributed by atoms with Gasteiger partial charge in [0.1, 0.15) is 12.1 Å². The number of allylic oxidation sites excluding steroid dienone is 3. The Morgan fingerprint density at radius 2 is 2.00 bits per heavy atom. The second kappa shape index (κ2) is 8.30. The maximum atomic E-state index is 13.9. The molecule has 31 heavy (non-hydrogen) atoms. The molecule has 0 radical (unpaired) electrons. The topological polar surface area (TPSA) is 75.6 Å². The van der Waals surface area contributed by atoms with Crippen LogP contribution in [-0.2, 0) is 9.53 Å². The molecular formula is C22H24F2N4O3. The Bertz CT molecular complexity index is 951. The second-order valence-electron chi connectivity index (χ2n) is 8.13. The Morgan fingerprint density at radius 3 is 2.65 bits per heavy atom. The van der Waals surface area contributed by atoms with Crippen LogP contribution in [0.3, 0.4) is 0 Å². The van der Waals surface area contributed by atoms with Crippen LogP contribution in [0.15, 0.2) is 54.4 Å². The number of hydrogen-bond acceptors (Lipinski definition) is 5. The number of likely N-dealkylation sites (tertiary alicyclic amines) is 1. The fourth-order valence-corrected chi connectivity index (χ4v) is 4.58. The Kier molecular flexibility index (Phi) is 5.70. The van der Waals surface area contributed by atoms with E-state index in [1.807, 2.05) is 0 Å². The molecule has 4 heterocycles. The highest BCUT2D eigenvalue weighted by Crippen LogP contribution is 2.44. The van der Waals surface area contributed by atoms with Crippen molar-refractivity contribution in [2.45, 2.75) is 50.5 Å². The van der Waals surface area contributed by atoms with Gasteiger partial charge in [-0.2, -0.15) is 10.2 Å². The third-order valence-corrected chi connectivity index (χ3v) is 6.10. The van der Waals surface area contributed by atoms with Gasteiger partial charge in [0.05, 0.1) is 29.8 Å². The first-order chi connectivity index (χ1) is 14.8. The zero-order valence-corrected chi connectivity index (χ0v) is 17.3. The molecule has 0 aliphatic carbocycles. The highest BCUT2D eigenvalue weighted by atomic mass is 19.1. The first kappa shape index (κ1) is 21.3. The van der Waals surface area contributed by atoms with Crippen molar-refractivity contribution in [2.24, 2.45) is 0 Å². The van der Waals surface area contributed by atoms with Gasteiger partial charge in [0.15, 0.2) is 5.60 Å². The zero-order valence-electron chi connectivity index (χ0n) is 17.3. The van der Waals surface area contributed by atoms with Crippen molar-refractivity contribution in [2.75, 3.05) is 13.1 Å². The lowest BCUT2D eigenvalue weighted by molar-refractivity contribution is -0.142. The molecule has 1 aromatic rings. The average molecular weight is 430 g/mol. The van der Waals surface area contributed by atoms with Gasteiger partial charge in [0.2, 0.25) is 0 Å². The Labute approximate surface area is 179 Å². The molecule has 3 fully saturated rings. The molecule has 0 aromatic carbocycles. The summed E-state index contributed by atoms with van der Waals surface area (Å²) >= 11 is 0. The lowest BCUT2D eigenvalue weighted by atomic mass is 9.89. The van der Waals surface area contributed by atoms with Gasteiger partial charge >= 0.3 is 0 Å². The molecule has 7 nitrogen and oxygen atoms in total. The fraction of sp³-hybridized carbons (Fsp3) is 0.455.